The van der Waals surface area contributed by atoms with Gasteiger partial charge in [0.05, 0.1) is 5.69 Å². The minimum absolute atomic E-state index is 0.0506. The molecule has 3 aromatic rings. The highest BCUT2D eigenvalue weighted by Gasteiger charge is 2.39. The zero-order valence-corrected chi connectivity index (χ0v) is 19.5. The van der Waals surface area contributed by atoms with Crippen LogP contribution < -0.4 is 14.8 Å². The fraction of sp³-hybridized carbons (Fsp3) is 0.286. The van der Waals surface area contributed by atoms with Gasteiger partial charge in [0.25, 0.3) is 0 Å². The third kappa shape index (κ3) is 4.11. The summed E-state index contributed by atoms with van der Waals surface area (Å²) in [5, 5.41) is 6.81. The summed E-state index contributed by atoms with van der Waals surface area (Å²) in [6.07, 6.45) is 2.25. The van der Waals surface area contributed by atoms with Gasteiger partial charge in [-0.3, -0.25) is 9.69 Å². The normalized spacial score (nSPS) is 18.1. The number of benzene rings is 3. The molecule has 33 heavy (non-hydrogen) atoms. The Balaban J connectivity index is 1.59. The molecule has 0 amide bonds. The molecule has 0 radical (unpaired) electrons. The zero-order chi connectivity index (χ0) is 22.9. The predicted octanol–water partition coefficient (Wildman–Crippen LogP) is 5.83. The van der Waals surface area contributed by atoms with Gasteiger partial charge in [-0.15, -0.1) is 5.10 Å². The Hall–Kier alpha value is -3.60. The molecule has 1 atom stereocenters. The fourth-order valence-corrected chi connectivity index (χ4v) is 4.66. The first-order valence-corrected chi connectivity index (χ1v) is 11.7. The minimum atomic E-state index is -0.246. The van der Waals surface area contributed by atoms with E-state index in [0.717, 1.165) is 30.0 Å². The SMILES string of the molecule is CC(=O)C1=NN(c2ccc(C)cc2)[C@@H](c2ccc(C)cc2)N1c1ccc(N2CCCC2)cc1. The summed E-state index contributed by atoms with van der Waals surface area (Å²) in [5.74, 6) is 0.403. The van der Waals surface area contributed by atoms with Crippen molar-refractivity contribution in [1.82, 2.24) is 0 Å². The molecule has 2 aliphatic rings. The summed E-state index contributed by atoms with van der Waals surface area (Å²) in [4.78, 5) is 17.3. The van der Waals surface area contributed by atoms with Crippen LogP contribution in [0.1, 0.15) is 42.6 Å². The summed E-state index contributed by atoms with van der Waals surface area (Å²) in [5.41, 5.74) is 6.64. The summed E-state index contributed by atoms with van der Waals surface area (Å²) < 4.78 is 0. The minimum Gasteiger partial charge on any atom is -0.372 e. The monoisotopic (exact) mass is 438 g/mol. The third-order valence-electron chi connectivity index (χ3n) is 6.49. The van der Waals surface area contributed by atoms with Gasteiger partial charge in [-0.25, -0.2) is 5.01 Å². The molecule has 2 aliphatic heterocycles. The van der Waals surface area contributed by atoms with Crippen molar-refractivity contribution in [3.05, 3.63) is 89.5 Å². The lowest BCUT2D eigenvalue weighted by Crippen LogP contribution is -2.37. The highest BCUT2D eigenvalue weighted by molar-refractivity contribution is 6.44. The van der Waals surface area contributed by atoms with Gasteiger partial charge in [-0.1, -0.05) is 47.5 Å². The van der Waals surface area contributed by atoms with Crippen molar-refractivity contribution in [3.63, 3.8) is 0 Å². The molecule has 0 saturated carbocycles. The van der Waals surface area contributed by atoms with E-state index in [2.05, 4.69) is 96.4 Å². The molecule has 0 bridgehead atoms. The molecule has 3 aromatic carbocycles. The standard InChI is InChI=1S/C28H30N4O/c1-20-6-10-23(11-7-20)28-31(25-16-14-24(15-17-25)30-18-4-5-19-30)27(22(3)33)29-32(28)26-12-8-21(2)9-13-26/h6-17,28H,4-5,18-19H2,1-3H3/t28-/m0/s1. The average molecular weight is 439 g/mol. The van der Waals surface area contributed by atoms with E-state index in [1.165, 1.54) is 29.7 Å². The van der Waals surface area contributed by atoms with Crippen LogP contribution >= 0.6 is 0 Å². The van der Waals surface area contributed by atoms with E-state index in [1.807, 2.05) is 5.01 Å². The van der Waals surface area contributed by atoms with Gasteiger partial charge in [0, 0.05) is 31.4 Å². The smallest absolute Gasteiger partial charge is 0.198 e. The number of hydrogen-bond acceptors (Lipinski definition) is 5. The number of rotatable bonds is 5. The van der Waals surface area contributed by atoms with Crippen LogP contribution in [0.3, 0.4) is 0 Å². The lowest BCUT2D eigenvalue weighted by molar-refractivity contribution is -0.111. The Morgan fingerprint density at radius 2 is 1.27 bits per heavy atom. The molecule has 2 heterocycles. The van der Waals surface area contributed by atoms with Gasteiger partial charge in [0.1, 0.15) is 0 Å². The fourth-order valence-electron chi connectivity index (χ4n) is 4.66. The number of anilines is 3. The number of carbonyl (C=O) groups excluding carboxylic acids is 1. The Kier molecular flexibility index (Phi) is 5.63. The van der Waals surface area contributed by atoms with Gasteiger partial charge in [-0.05, 0) is 68.7 Å². The molecule has 1 fully saturated rings. The summed E-state index contributed by atoms with van der Waals surface area (Å²) in [6.45, 7) is 7.97. The lowest BCUT2D eigenvalue weighted by atomic mass is 10.1. The lowest BCUT2D eigenvalue weighted by Gasteiger charge is -2.32. The number of carbonyl (C=O) groups is 1. The van der Waals surface area contributed by atoms with Crippen molar-refractivity contribution in [2.75, 3.05) is 27.9 Å². The molecule has 5 nitrogen and oxygen atoms in total. The van der Waals surface area contributed by atoms with Crippen molar-refractivity contribution in [2.24, 2.45) is 5.10 Å². The maximum atomic E-state index is 12.8. The van der Waals surface area contributed by atoms with E-state index in [9.17, 15) is 4.79 Å². The van der Waals surface area contributed by atoms with Crippen molar-refractivity contribution in [3.8, 4) is 0 Å². The van der Waals surface area contributed by atoms with Gasteiger partial charge in [-0.2, -0.15) is 0 Å². The molecular formula is C28H30N4O. The summed E-state index contributed by atoms with van der Waals surface area (Å²) >= 11 is 0. The average Bonchev–Trinajstić information content (AvgIpc) is 3.49. The van der Waals surface area contributed by atoms with E-state index in [0.29, 0.717) is 5.84 Å². The van der Waals surface area contributed by atoms with E-state index in [4.69, 9.17) is 5.10 Å². The van der Waals surface area contributed by atoms with Crippen LogP contribution in [-0.2, 0) is 4.79 Å². The van der Waals surface area contributed by atoms with Crippen LogP contribution in [0, 0.1) is 13.8 Å². The number of amidine groups is 1. The van der Waals surface area contributed by atoms with Crippen molar-refractivity contribution >= 4 is 28.7 Å². The van der Waals surface area contributed by atoms with E-state index in [1.54, 1.807) is 6.92 Å². The second-order valence-electron chi connectivity index (χ2n) is 9.02. The summed E-state index contributed by atoms with van der Waals surface area (Å²) in [6, 6.07) is 25.4. The largest absolute Gasteiger partial charge is 0.372 e. The van der Waals surface area contributed by atoms with Crippen molar-refractivity contribution in [2.45, 2.75) is 39.8 Å². The van der Waals surface area contributed by atoms with Crippen LogP contribution in [-0.4, -0.2) is 24.7 Å². The molecule has 0 aromatic heterocycles. The number of hydrogen-bond donors (Lipinski definition) is 0. The van der Waals surface area contributed by atoms with Crippen LogP contribution in [0.2, 0.25) is 0 Å². The maximum absolute atomic E-state index is 12.8. The molecule has 1 saturated heterocycles. The number of hydrazone groups is 1. The van der Waals surface area contributed by atoms with Crippen LogP contribution in [0.15, 0.2) is 77.9 Å². The Bertz CT molecular complexity index is 1160. The molecule has 0 aliphatic carbocycles. The molecule has 0 spiro atoms. The molecule has 0 N–H and O–H groups in total. The topological polar surface area (TPSA) is 39.2 Å². The molecular weight excluding hydrogens is 408 g/mol. The van der Waals surface area contributed by atoms with Gasteiger partial charge in [0.2, 0.25) is 0 Å². The number of ketones is 1. The Labute approximate surface area is 195 Å². The van der Waals surface area contributed by atoms with Crippen molar-refractivity contribution in [1.29, 1.82) is 0 Å². The van der Waals surface area contributed by atoms with E-state index >= 15 is 0 Å². The van der Waals surface area contributed by atoms with Crippen LogP contribution in [0.4, 0.5) is 17.1 Å². The summed E-state index contributed by atoms with van der Waals surface area (Å²) in [7, 11) is 0. The molecule has 5 rings (SSSR count). The van der Waals surface area contributed by atoms with Crippen LogP contribution in [0.5, 0.6) is 0 Å². The highest BCUT2D eigenvalue weighted by Crippen LogP contribution is 2.39. The Morgan fingerprint density at radius 1 is 0.758 bits per heavy atom. The number of Topliss-reactive ketones (excluding diaryl/α,β-unsaturated/α-hetero) is 1. The second kappa shape index (κ2) is 8.74. The number of nitrogens with zero attached hydrogens (tertiary/aromatic N) is 4. The van der Waals surface area contributed by atoms with Crippen molar-refractivity contribution < 1.29 is 4.79 Å². The van der Waals surface area contributed by atoms with Gasteiger partial charge >= 0.3 is 0 Å². The van der Waals surface area contributed by atoms with Gasteiger partial charge in [0.15, 0.2) is 17.8 Å². The first kappa shape index (κ1) is 21.3. The quantitative estimate of drug-likeness (QED) is 0.502. The third-order valence-corrected chi connectivity index (χ3v) is 6.49. The Morgan fingerprint density at radius 3 is 1.85 bits per heavy atom. The molecule has 0 unspecified atom stereocenters. The van der Waals surface area contributed by atoms with Crippen LogP contribution in [0.25, 0.3) is 0 Å². The second-order valence-corrected chi connectivity index (χ2v) is 9.02. The first-order chi connectivity index (χ1) is 16.0. The first-order valence-electron chi connectivity index (χ1n) is 11.7. The predicted molar refractivity (Wildman–Crippen MR) is 136 cm³/mol. The molecule has 168 valence electrons. The number of aryl methyl sites for hydroxylation is 2. The maximum Gasteiger partial charge on any atom is 0.198 e. The highest BCUT2D eigenvalue weighted by atomic mass is 16.1. The van der Waals surface area contributed by atoms with Gasteiger partial charge < -0.3 is 4.90 Å². The van der Waals surface area contributed by atoms with E-state index < -0.39 is 0 Å². The molecule has 5 heteroatoms. The van der Waals surface area contributed by atoms with E-state index in [-0.39, 0.29) is 11.9 Å². The zero-order valence-electron chi connectivity index (χ0n) is 19.5.